The van der Waals surface area contributed by atoms with Crippen LogP contribution in [-0.4, -0.2) is 16.0 Å². The van der Waals surface area contributed by atoms with Gasteiger partial charge in [0.1, 0.15) is 5.82 Å². The van der Waals surface area contributed by atoms with Crippen molar-refractivity contribution in [3.63, 3.8) is 0 Å². The molecule has 1 fully saturated rings. The minimum Gasteiger partial charge on any atom is -0.398 e. The lowest BCUT2D eigenvalue weighted by Crippen LogP contribution is -2.18. The third-order valence-corrected chi connectivity index (χ3v) is 5.07. The molecule has 2 aromatic heterocycles. The van der Waals surface area contributed by atoms with E-state index in [9.17, 15) is 9.59 Å². The molecule has 0 atom stereocenters. The standard InChI is InChI=1S/C18H18N4O2.C5H8/c1-3-11-4-5-17(24)22(2)18(11)13-6-12-8-16(21-10-23)20-9-14(12)15(19)7-13;1-2-5-3-4-5/h4-10H,3,19H2,1-2H3,(H,20,21,23);2H,3-4H2,1H3. The second kappa shape index (κ2) is 8.73. The van der Waals surface area contributed by atoms with Crippen molar-refractivity contribution < 1.29 is 4.79 Å². The van der Waals surface area contributed by atoms with E-state index >= 15 is 0 Å². The highest BCUT2D eigenvalue weighted by Crippen LogP contribution is 2.31. The highest BCUT2D eigenvalue weighted by atomic mass is 16.1. The van der Waals surface area contributed by atoms with E-state index in [4.69, 9.17) is 5.73 Å². The Kier molecular flexibility index (Phi) is 6.12. The number of aryl methyl sites for hydroxylation is 1. The normalized spacial score (nSPS) is 12.2. The number of anilines is 2. The van der Waals surface area contributed by atoms with Crippen LogP contribution in [-0.2, 0) is 18.3 Å². The van der Waals surface area contributed by atoms with Gasteiger partial charge in [0.25, 0.3) is 5.56 Å². The van der Waals surface area contributed by atoms with Gasteiger partial charge in [-0.1, -0.05) is 24.6 Å². The van der Waals surface area contributed by atoms with Crippen molar-refractivity contribution in [2.75, 3.05) is 11.1 Å². The van der Waals surface area contributed by atoms with Crippen molar-refractivity contribution in [3.05, 3.63) is 64.1 Å². The zero-order chi connectivity index (χ0) is 21.0. The molecule has 1 amide bonds. The summed E-state index contributed by atoms with van der Waals surface area (Å²) < 4.78 is 1.63. The van der Waals surface area contributed by atoms with Crippen LogP contribution in [0.5, 0.6) is 0 Å². The molecule has 0 unspecified atom stereocenters. The van der Waals surface area contributed by atoms with Crippen molar-refractivity contribution in [2.24, 2.45) is 7.05 Å². The topological polar surface area (TPSA) is 90.0 Å². The van der Waals surface area contributed by atoms with Crippen LogP contribution >= 0.6 is 0 Å². The summed E-state index contributed by atoms with van der Waals surface area (Å²) >= 11 is 0. The van der Waals surface area contributed by atoms with Crippen molar-refractivity contribution >= 4 is 28.7 Å². The molecule has 1 aliphatic rings. The van der Waals surface area contributed by atoms with E-state index < -0.39 is 0 Å². The van der Waals surface area contributed by atoms with Gasteiger partial charge < -0.3 is 15.6 Å². The van der Waals surface area contributed by atoms with Gasteiger partial charge in [0.2, 0.25) is 6.41 Å². The summed E-state index contributed by atoms with van der Waals surface area (Å²) in [6.45, 7) is 4.14. The van der Waals surface area contributed by atoms with Crippen molar-refractivity contribution in [2.45, 2.75) is 33.1 Å². The number of hydrogen-bond acceptors (Lipinski definition) is 4. The first-order valence-corrected chi connectivity index (χ1v) is 9.71. The van der Waals surface area contributed by atoms with Gasteiger partial charge in [-0.05, 0) is 55.3 Å². The molecule has 1 aromatic carbocycles. The number of hydrogen-bond donors (Lipinski definition) is 2. The quantitative estimate of drug-likeness (QED) is 0.400. The van der Waals surface area contributed by atoms with Gasteiger partial charge >= 0.3 is 0 Å². The zero-order valence-electron chi connectivity index (χ0n) is 17.0. The molecule has 0 spiro atoms. The van der Waals surface area contributed by atoms with Gasteiger partial charge in [-0.15, -0.1) is 0 Å². The first kappa shape index (κ1) is 20.3. The average Bonchev–Trinajstić information content (AvgIpc) is 3.55. The van der Waals surface area contributed by atoms with E-state index in [0.717, 1.165) is 34.0 Å². The Morgan fingerprint density at radius 1 is 1.24 bits per heavy atom. The number of aromatic nitrogens is 2. The van der Waals surface area contributed by atoms with Crippen LogP contribution in [0.1, 0.15) is 32.3 Å². The smallest absolute Gasteiger partial charge is 0.250 e. The molecule has 0 aliphatic heterocycles. The maximum absolute atomic E-state index is 12.0. The van der Waals surface area contributed by atoms with E-state index in [0.29, 0.717) is 17.9 Å². The van der Waals surface area contributed by atoms with Crippen LogP contribution < -0.4 is 16.6 Å². The Morgan fingerprint density at radius 3 is 2.59 bits per heavy atom. The van der Waals surface area contributed by atoms with Crippen LogP contribution in [0.15, 0.2) is 53.0 Å². The SMILES string of the molecule is CC=C1CC1.CCc1ccc(=O)n(C)c1-c1cc(N)c2cnc(NC=O)cc2c1. The molecule has 4 rings (SSSR count). The van der Waals surface area contributed by atoms with Crippen LogP contribution in [0.25, 0.3) is 22.0 Å². The minimum absolute atomic E-state index is 0.0705. The number of rotatable bonds is 4. The lowest BCUT2D eigenvalue weighted by Gasteiger charge is -2.15. The highest BCUT2D eigenvalue weighted by Gasteiger charge is 2.12. The molecule has 1 saturated carbocycles. The lowest BCUT2D eigenvalue weighted by atomic mass is 9.99. The number of nitrogen functional groups attached to an aromatic ring is 1. The summed E-state index contributed by atoms with van der Waals surface area (Å²) in [6.07, 6.45) is 7.95. The van der Waals surface area contributed by atoms with E-state index in [-0.39, 0.29) is 5.56 Å². The van der Waals surface area contributed by atoms with Gasteiger partial charge in [0.05, 0.1) is 5.69 Å². The summed E-state index contributed by atoms with van der Waals surface area (Å²) in [7, 11) is 1.75. The Labute approximate surface area is 170 Å². The van der Waals surface area contributed by atoms with Crippen molar-refractivity contribution in [1.29, 1.82) is 0 Å². The second-order valence-electron chi connectivity index (χ2n) is 7.02. The molecule has 1 aliphatic carbocycles. The van der Waals surface area contributed by atoms with Gasteiger partial charge in [-0.25, -0.2) is 4.98 Å². The molecule has 2 heterocycles. The van der Waals surface area contributed by atoms with E-state index in [2.05, 4.69) is 23.3 Å². The summed E-state index contributed by atoms with van der Waals surface area (Å²) in [5, 5.41) is 4.18. The molecular weight excluding hydrogens is 364 g/mol. The number of allylic oxidation sites excluding steroid dienone is 2. The van der Waals surface area contributed by atoms with Crippen LogP contribution in [0.4, 0.5) is 11.5 Å². The molecule has 29 heavy (non-hydrogen) atoms. The van der Waals surface area contributed by atoms with Gasteiger partial charge in [-0.3, -0.25) is 9.59 Å². The van der Waals surface area contributed by atoms with E-state index in [1.54, 1.807) is 35.5 Å². The lowest BCUT2D eigenvalue weighted by molar-refractivity contribution is -0.105. The molecule has 0 radical (unpaired) electrons. The maximum atomic E-state index is 12.0. The zero-order valence-corrected chi connectivity index (χ0v) is 17.0. The van der Waals surface area contributed by atoms with Crippen LogP contribution in [0.2, 0.25) is 0 Å². The number of benzene rings is 1. The fraction of sp³-hybridized carbons (Fsp3) is 0.261. The first-order chi connectivity index (χ1) is 14.0. The first-order valence-electron chi connectivity index (χ1n) is 9.71. The maximum Gasteiger partial charge on any atom is 0.250 e. The fourth-order valence-corrected chi connectivity index (χ4v) is 3.28. The number of nitrogens with two attached hydrogens (primary N) is 1. The molecule has 0 saturated heterocycles. The summed E-state index contributed by atoms with van der Waals surface area (Å²) in [5.41, 5.74) is 11.1. The number of pyridine rings is 2. The second-order valence-corrected chi connectivity index (χ2v) is 7.02. The Balaban J connectivity index is 0.000000419. The largest absolute Gasteiger partial charge is 0.398 e. The van der Waals surface area contributed by atoms with Gasteiger partial charge in [-0.2, -0.15) is 0 Å². The third kappa shape index (κ3) is 4.54. The van der Waals surface area contributed by atoms with Crippen LogP contribution in [0.3, 0.4) is 0 Å². The molecule has 6 nitrogen and oxygen atoms in total. The monoisotopic (exact) mass is 390 g/mol. The van der Waals surface area contributed by atoms with Crippen molar-refractivity contribution in [1.82, 2.24) is 9.55 Å². The highest BCUT2D eigenvalue weighted by molar-refractivity contribution is 5.97. The predicted molar refractivity (Wildman–Crippen MR) is 119 cm³/mol. The summed E-state index contributed by atoms with van der Waals surface area (Å²) in [6, 6.07) is 8.99. The number of carbonyl (C=O) groups excluding carboxylic acids is 1. The number of carbonyl (C=O) groups is 1. The molecular formula is C23H26N4O2. The molecule has 0 bridgehead atoms. The summed E-state index contributed by atoms with van der Waals surface area (Å²) in [5.74, 6) is 0.451. The van der Waals surface area contributed by atoms with E-state index in [1.165, 1.54) is 12.8 Å². The number of amides is 1. The molecule has 3 N–H and O–H groups in total. The van der Waals surface area contributed by atoms with Crippen molar-refractivity contribution in [3.8, 4) is 11.3 Å². The molecule has 3 aromatic rings. The minimum atomic E-state index is -0.0705. The number of fused-ring (bicyclic) bond motifs is 1. The third-order valence-electron chi connectivity index (χ3n) is 5.07. The summed E-state index contributed by atoms with van der Waals surface area (Å²) in [4.78, 5) is 26.8. The molecule has 6 heteroatoms. The predicted octanol–water partition coefficient (Wildman–Crippen LogP) is 4.04. The number of nitrogens with one attached hydrogen (secondary N) is 1. The fourth-order valence-electron chi connectivity index (χ4n) is 3.28. The Hall–Kier alpha value is -3.41. The molecule has 150 valence electrons. The number of nitrogens with zero attached hydrogens (tertiary/aromatic N) is 2. The Bertz CT molecular complexity index is 1140. The van der Waals surface area contributed by atoms with Gasteiger partial charge in [0, 0.05) is 35.9 Å². The van der Waals surface area contributed by atoms with Gasteiger partial charge in [0.15, 0.2) is 0 Å². The average molecular weight is 390 g/mol. The van der Waals surface area contributed by atoms with E-state index in [1.807, 2.05) is 25.1 Å². The van der Waals surface area contributed by atoms with Crippen LogP contribution in [0, 0.1) is 0 Å². The Morgan fingerprint density at radius 2 is 2.00 bits per heavy atom.